The molecule has 0 radical (unpaired) electrons. The highest BCUT2D eigenvalue weighted by molar-refractivity contribution is 8.01. The molecule has 1 atom stereocenters. The molecule has 1 unspecified atom stereocenters. The molecule has 0 amide bonds. The highest BCUT2D eigenvalue weighted by Gasteiger charge is 2.47. The largest absolute Gasteiger partial charge is 0.458 e. The van der Waals surface area contributed by atoms with Crippen molar-refractivity contribution >= 4 is 25.3 Å². The predicted molar refractivity (Wildman–Crippen MR) is 115 cm³/mol. The molecule has 0 aromatic rings. The van der Waals surface area contributed by atoms with Crippen molar-refractivity contribution in [2.45, 2.75) is 89.5 Å². The van der Waals surface area contributed by atoms with Gasteiger partial charge in [-0.2, -0.15) is 0 Å². The lowest BCUT2D eigenvalue weighted by Gasteiger charge is -2.34. The summed E-state index contributed by atoms with van der Waals surface area (Å²) in [5, 5.41) is 0. The van der Waals surface area contributed by atoms with Crippen LogP contribution in [0.5, 0.6) is 0 Å². The molecule has 1 saturated carbocycles. The van der Waals surface area contributed by atoms with Crippen molar-refractivity contribution in [1.29, 1.82) is 0 Å². The summed E-state index contributed by atoms with van der Waals surface area (Å²) in [6, 6.07) is 0. The number of ether oxygens (including phenoxy) is 1. The van der Waals surface area contributed by atoms with Crippen molar-refractivity contribution in [3.63, 3.8) is 0 Å². The minimum absolute atomic E-state index is 0.220. The molecule has 1 rings (SSSR count). The Balaban J connectivity index is 2.90. The topological polar surface area (TPSA) is 66.2 Å². The molecule has 162 valence electrons. The molecule has 1 aliphatic rings. The third kappa shape index (κ3) is 7.71. The first-order chi connectivity index (χ1) is 12.9. The van der Waals surface area contributed by atoms with Gasteiger partial charge in [0.15, 0.2) is 0 Å². The summed E-state index contributed by atoms with van der Waals surface area (Å²) in [5.74, 6) is 0.134. The molecule has 0 heterocycles. The Bertz CT molecular complexity index is 602. The first kappa shape index (κ1) is 25.5. The fourth-order valence-corrected chi connectivity index (χ4v) is 6.99. The molecular formula is C20H36NO5PS. The Hall–Kier alpha value is -0.540. The summed E-state index contributed by atoms with van der Waals surface area (Å²) in [5.41, 5.74) is -1.12. The number of carbonyl (C=O) groups excluding carboxylic acids is 1. The van der Waals surface area contributed by atoms with Crippen molar-refractivity contribution in [2.24, 2.45) is 0 Å². The maximum atomic E-state index is 13.1. The molecule has 28 heavy (non-hydrogen) atoms. The van der Waals surface area contributed by atoms with E-state index in [9.17, 15) is 9.36 Å². The van der Waals surface area contributed by atoms with Crippen LogP contribution in [0, 0.1) is 6.57 Å². The summed E-state index contributed by atoms with van der Waals surface area (Å²) in [6.07, 6.45) is 4.44. The van der Waals surface area contributed by atoms with Gasteiger partial charge in [-0.25, -0.2) is 6.57 Å². The standard InChI is InChI=1S/C20H36NO5PS/c1-8-24-27(23,25-9-2)14-15-28-20(6,16-18(3,4)21-7)17(22)26-19(5)12-10-11-13-19/h8-16H2,1-6H3. The first-order valence-corrected chi connectivity index (χ1v) is 12.8. The number of carbonyl (C=O) groups is 1. The van der Waals surface area contributed by atoms with Gasteiger partial charge in [-0.1, -0.05) is 0 Å². The lowest BCUT2D eigenvalue weighted by Crippen LogP contribution is -2.44. The first-order valence-electron chi connectivity index (χ1n) is 10.1. The molecule has 0 spiro atoms. The van der Waals surface area contributed by atoms with E-state index < -0.39 is 23.5 Å². The Morgan fingerprint density at radius 2 is 1.71 bits per heavy atom. The minimum Gasteiger partial charge on any atom is -0.458 e. The van der Waals surface area contributed by atoms with E-state index in [4.69, 9.17) is 20.4 Å². The fraction of sp³-hybridized carbons (Fsp3) is 0.900. The summed E-state index contributed by atoms with van der Waals surface area (Å²) < 4.78 is 28.4. The second kappa shape index (κ2) is 10.5. The summed E-state index contributed by atoms with van der Waals surface area (Å²) in [7, 11) is -3.17. The number of rotatable bonds is 12. The molecule has 1 aliphatic carbocycles. The van der Waals surface area contributed by atoms with E-state index in [1.807, 2.05) is 27.7 Å². The van der Waals surface area contributed by atoms with Crippen LogP contribution >= 0.6 is 19.4 Å². The van der Waals surface area contributed by atoms with Gasteiger partial charge in [0.25, 0.3) is 0 Å². The highest BCUT2D eigenvalue weighted by Crippen LogP contribution is 2.49. The van der Waals surface area contributed by atoms with Crippen molar-refractivity contribution in [3.8, 4) is 0 Å². The number of thioether (sulfide) groups is 1. The third-order valence-electron chi connectivity index (χ3n) is 4.94. The van der Waals surface area contributed by atoms with E-state index in [1.165, 1.54) is 11.8 Å². The summed E-state index contributed by atoms with van der Waals surface area (Å²) in [4.78, 5) is 16.8. The van der Waals surface area contributed by atoms with E-state index in [1.54, 1.807) is 13.8 Å². The van der Waals surface area contributed by atoms with Crippen LogP contribution in [0.25, 0.3) is 4.85 Å². The van der Waals surface area contributed by atoms with Gasteiger partial charge in [0.1, 0.15) is 10.3 Å². The Morgan fingerprint density at radius 3 is 2.18 bits per heavy atom. The average Bonchev–Trinajstić information content (AvgIpc) is 3.01. The minimum atomic E-state index is -3.17. The van der Waals surface area contributed by atoms with Crippen LogP contribution in [0.3, 0.4) is 0 Å². The molecule has 0 aliphatic heterocycles. The second-order valence-corrected chi connectivity index (χ2v) is 12.2. The lowest BCUT2D eigenvalue weighted by atomic mass is 9.91. The zero-order chi connectivity index (χ0) is 21.5. The number of hydrogen-bond acceptors (Lipinski definition) is 6. The van der Waals surface area contributed by atoms with Crippen LogP contribution in [0.15, 0.2) is 0 Å². The van der Waals surface area contributed by atoms with Gasteiger partial charge in [0.2, 0.25) is 5.54 Å². The maximum absolute atomic E-state index is 13.1. The zero-order valence-corrected chi connectivity index (χ0v) is 19.9. The molecular weight excluding hydrogens is 397 g/mol. The molecule has 6 nitrogen and oxygen atoms in total. The van der Waals surface area contributed by atoms with Crippen LogP contribution in [0.1, 0.15) is 73.6 Å². The second-order valence-electron chi connectivity index (χ2n) is 8.40. The molecule has 0 bridgehead atoms. The Labute approximate surface area is 174 Å². The van der Waals surface area contributed by atoms with Gasteiger partial charge in [-0.05, 0) is 53.4 Å². The molecule has 0 N–H and O–H groups in total. The van der Waals surface area contributed by atoms with Crippen LogP contribution in [0.2, 0.25) is 0 Å². The van der Waals surface area contributed by atoms with E-state index >= 15 is 0 Å². The van der Waals surface area contributed by atoms with E-state index in [0.29, 0.717) is 25.4 Å². The third-order valence-corrected chi connectivity index (χ3v) is 8.68. The average molecular weight is 434 g/mol. The van der Waals surface area contributed by atoms with E-state index in [0.717, 1.165) is 25.7 Å². The SMILES string of the molecule is [C-]#[N+]C(C)(C)CC(C)(SCCP(=O)(OCC)OCC)C(=O)OC1(C)CCCC1. The van der Waals surface area contributed by atoms with Crippen molar-refractivity contribution in [1.82, 2.24) is 0 Å². The van der Waals surface area contributed by atoms with Crippen molar-refractivity contribution < 1.29 is 23.1 Å². The molecule has 0 saturated heterocycles. The monoisotopic (exact) mass is 433 g/mol. The zero-order valence-electron chi connectivity index (χ0n) is 18.2. The van der Waals surface area contributed by atoms with Gasteiger partial charge < -0.3 is 18.6 Å². The lowest BCUT2D eigenvalue weighted by molar-refractivity contribution is -0.160. The summed E-state index contributed by atoms with van der Waals surface area (Å²) in [6.45, 7) is 19.1. The van der Waals surface area contributed by atoms with Gasteiger partial charge in [-0.3, -0.25) is 9.36 Å². The molecule has 0 aromatic carbocycles. The molecule has 1 fully saturated rings. The van der Waals surface area contributed by atoms with Crippen LogP contribution < -0.4 is 0 Å². The quantitative estimate of drug-likeness (QED) is 0.223. The molecule has 0 aromatic heterocycles. The van der Waals surface area contributed by atoms with E-state index in [2.05, 4.69) is 4.85 Å². The normalized spacial score (nSPS) is 19.0. The number of esters is 1. The van der Waals surface area contributed by atoms with E-state index in [-0.39, 0.29) is 12.1 Å². The van der Waals surface area contributed by atoms with Gasteiger partial charge in [-0.15, -0.1) is 11.8 Å². The van der Waals surface area contributed by atoms with Crippen LogP contribution in [0.4, 0.5) is 0 Å². The molecule has 8 heteroatoms. The van der Waals surface area contributed by atoms with Gasteiger partial charge in [0, 0.05) is 19.6 Å². The van der Waals surface area contributed by atoms with Crippen molar-refractivity contribution in [2.75, 3.05) is 25.1 Å². The van der Waals surface area contributed by atoms with Gasteiger partial charge >= 0.3 is 13.6 Å². The predicted octanol–water partition coefficient (Wildman–Crippen LogP) is 5.71. The number of hydrogen-bond donors (Lipinski definition) is 0. The van der Waals surface area contributed by atoms with Crippen molar-refractivity contribution in [3.05, 3.63) is 11.4 Å². The summed E-state index contributed by atoms with van der Waals surface area (Å²) >= 11 is 1.38. The van der Waals surface area contributed by atoms with Crippen LogP contribution in [-0.4, -0.2) is 47.0 Å². The Morgan fingerprint density at radius 1 is 1.18 bits per heavy atom. The van der Waals surface area contributed by atoms with Crippen LogP contribution in [-0.2, 0) is 23.1 Å². The van der Waals surface area contributed by atoms with Gasteiger partial charge in [0.05, 0.1) is 25.8 Å². The number of nitrogens with zero attached hydrogens (tertiary/aromatic N) is 1. The maximum Gasteiger partial charge on any atom is 0.331 e. The smallest absolute Gasteiger partial charge is 0.331 e. The Kier molecular flexibility index (Phi) is 9.54. The highest BCUT2D eigenvalue weighted by atomic mass is 32.2. The fourth-order valence-electron chi connectivity index (χ4n) is 3.55.